The maximum atomic E-state index is 11.9. The van der Waals surface area contributed by atoms with Gasteiger partial charge in [0.1, 0.15) is 17.9 Å². The van der Waals surface area contributed by atoms with Crippen molar-refractivity contribution < 1.29 is 14.1 Å². The number of hydrogen-bond donors (Lipinski definition) is 2. The Balaban J connectivity index is 1.38. The number of nitrogens with one attached hydrogen (secondary N) is 2. The Morgan fingerprint density at radius 3 is 2.81 bits per heavy atom. The number of carbonyl (C=O) groups is 1. The number of rotatable bonds is 9. The molecule has 0 aliphatic carbocycles. The van der Waals surface area contributed by atoms with Gasteiger partial charge in [0, 0.05) is 12.5 Å². The van der Waals surface area contributed by atoms with Gasteiger partial charge in [0.15, 0.2) is 0 Å². The van der Waals surface area contributed by atoms with Gasteiger partial charge in [-0.3, -0.25) is 10.1 Å². The number of amides is 1. The fraction of sp³-hybridized carbons (Fsp3) is 0.348. The molecule has 2 heterocycles. The Hall–Kier alpha value is -2.84. The molecule has 3 aromatic rings. The van der Waals surface area contributed by atoms with E-state index in [2.05, 4.69) is 27.7 Å². The van der Waals surface area contributed by atoms with Crippen LogP contribution < -0.4 is 15.4 Å². The Morgan fingerprint density at radius 1 is 1.16 bits per heavy atom. The van der Waals surface area contributed by atoms with Gasteiger partial charge in [-0.2, -0.15) is 4.98 Å². The van der Waals surface area contributed by atoms with Crippen molar-refractivity contribution in [3.8, 4) is 17.1 Å². The summed E-state index contributed by atoms with van der Waals surface area (Å²) >= 11 is 1.53. The van der Waals surface area contributed by atoms with E-state index >= 15 is 0 Å². The first kappa shape index (κ1) is 21.4. The van der Waals surface area contributed by atoms with Gasteiger partial charge in [-0.15, -0.1) is 11.8 Å². The largest absolute Gasteiger partial charge is 0.488 e. The summed E-state index contributed by atoms with van der Waals surface area (Å²) in [5, 5.41) is 10.6. The first-order chi connectivity index (χ1) is 15.2. The van der Waals surface area contributed by atoms with Crippen LogP contribution in [0.5, 0.6) is 5.75 Å². The summed E-state index contributed by atoms with van der Waals surface area (Å²) in [6.45, 7) is 2.59. The van der Waals surface area contributed by atoms with Gasteiger partial charge in [0.05, 0.1) is 11.3 Å². The average molecular weight is 439 g/mol. The smallest absolute Gasteiger partial charge is 0.237 e. The van der Waals surface area contributed by atoms with E-state index in [-0.39, 0.29) is 17.4 Å². The van der Waals surface area contributed by atoms with Gasteiger partial charge in [-0.25, -0.2) is 0 Å². The van der Waals surface area contributed by atoms with Crippen LogP contribution in [-0.4, -0.2) is 27.6 Å². The summed E-state index contributed by atoms with van der Waals surface area (Å²) in [4.78, 5) is 16.5. The highest BCUT2D eigenvalue weighted by molar-refractivity contribution is 7.99. The zero-order valence-electron chi connectivity index (χ0n) is 17.4. The van der Waals surface area contributed by atoms with Crippen LogP contribution in [0.25, 0.3) is 11.4 Å². The molecule has 162 valence electrons. The molecule has 0 bridgehead atoms. The highest BCUT2D eigenvalue weighted by Gasteiger charge is 2.26. The lowest BCUT2D eigenvalue weighted by atomic mass is 10.1. The monoisotopic (exact) mass is 438 g/mol. The van der Waals surface area contributed by atoms with Gasteiger partial charge in [-0.1, -0.05) is 61.0 Å². The van der Waals surface area contributed by atoms with Crippen molar-refractivity contribution in [2.75, 3.05) is 0 Å². The maximum Gasteiger partial charge on any atom is 0.237 e. The lowest BCUT2D eigenvalue weighted by molar-refractivity contribution is -0.123. The van der Waals surface area contributed by atoms with E-state index in [1.165, 1.54) is 11.8 Å². The lowest BCUT2D eigenvalue weighted by Gasteiger charge is -2.30. The van der Waals surface area contributed by atoms with Crippen molar-refractivity contribution in [3.05, 3.63) is 66.1 Å². The first-order valence-corrected chi connectivity index (χ1v) is 11.5. The zero-order chi connectivity index (χ0) is 21.5. The Morgan fingerprint density at radius 2 is 1.97 bits per heavy atom. The van der Waals surface area contributed by atoms with E-state index in [9.17, 15) is 4.79 Å². The SMILES string of the molecule is CCCC1CC(=O)NC(SCc2nc(-c3ccccc3OCc3ccccc3)no2)N1. The average Bonchev–Trinajstić information content (AvgIpc) is 3.26. The van der Waals surface area contributed by atoms with Crippen LogP contribution in [0.1, 0.15) is 37.6 Å². The van der Waals surface area contributed by atoms with E-state index < -0.39 is 0 Å². The van der Waals surface area contributed by atoms with Crippen molar-refractivity contribution in [1.29, 1.82) is 0 Å². The fourth-order valence-electron chi connectivity index (χ4n) is 3.46. The molecule has 0 spiro atoms. The van der Waals surface area contributed by atoms with Crippen molar-refractivity contribution in [2.45, 2.75) is 50.1 Å². The molecule has 1 aromatic heterocycles. The van der Waals surface area contributed by atoms with Crippen LogP contribution in [0.3, 0.4) is 0 Å². The molecule has 0 saturated carbocycles. The number of thioether (sulfide) groups is 1. The number of aromatic nitrogens is 2. The summed E-state index contributed by atoms with van der Waals surface area (Å²) in [7, 11) is 0. The van der Waals surface area contributed by atoms with Crippen LogP contribution in [-0.2, 0) is 17.2 Å². The number of carbonyl (C=O) groups excluding carboxylic acids is 1. The third kappa shape index (κ3) is 5.86. The minimum Gasteiger partial charge on any atom is -0.488 e. The third-order valence-electron chi connectivity index (χ3n) is 4.95. The topological polar surface area (TPSA) is 89.3 Å². The highest BCUT2D eigenvalue weighted by Crippen LogP contribution is 2.29. The molecule has 7 nitrogen and oxygen atoms in total. The molecule has 2 unspecified atom stereocenters. The second kappa shape index (κ2) is 10.5. The number of benzene rings is 2. The molecular formula is C23H26N4O3S. The number of ether oxygens (including phenoxy) is 1. The second-order valence-electron chi connectivity index (χ2n) is 7.40. The standard InChI is InChI=1S/C23H26N4O3S/c1-2-8-17-13-20(28)25-23(24-17)31-15-21-26-22(27-30-21)18-11-6-7-12-19(18)29-14-16-9-4-3-5-10-16/h3-7,9-12,17,23-24H,2,8,13-15H2,1H3,(H,25,28). The minimum absolute atomic E-state index is 0.0745. The number of nitrogens with zero attached hydrogens (tertiary/aromatic N) is 2. The second-order valence-corrected chi connectivity index (χ2v) is 8.49. The van der Waals surface area contributed by atoms with Gasteiger partial charge in [0.25, 0.3) is 0 Å². The molecule has 1 fully saturated rings. The fourth-order valence-corrected chi connectivity index (χ4v) is 4.39. The van der Waals surface area contributed by atoms with Crippen molar-refractivity contribution in [3.63, 3.8) is 0 Å². The Bertz CT molecular complexity index is 995. The summed E-state index contributed by atoms with van der Waals surface area (Å²) in [6.07, 6.45) is 2.55. The van der Waals surface area contributed by atoms with Gasteiger partial charge in [-0.05, 0) is 24.1 Å². The van der Waals surface area contributed by atoms with Crippen molar-refractivity contribution >= 4 is 17.7 Å². The summed E-state index contributed by atoms with van der Waals surface area (Å²) in [5.41, 5.74) is 1.71. The predicted octanol–water partition coefficient (Wildman–Crippen LogP) is 4.11. The van der Waals surface area contributed by atoms with Crippen LogP contribution >= 0.6 is 11.8 Å². The molecule has 31 heavy (non-hydrogen) atoms. The molecule has 0 radical (unpaired) electrons. The van der Waals surface area contributed by atoms with E-state index in [0.717, 1.165) is 24.0 Å². The molecule has 2 aromatic carbocycles. The Labute approximate surface area is 186 Å². The molecule has 1 amide bonds. The van der Waals surface area contributed by atoms with Crippen LogP contribution in [0, 0.1) is 0 Å². The quantitative estimate of drug-likeness (QED) is 0.520. The number of hydrogen-bond acceptors (Lipinski definition) is 7. The Kier molecular flexibility index (Phi) is 7.22. The number of para-hydroxylation sites is 1. The van der Waals surface area contributed by atoms with Crippen molar-refractivity contribution in [1.82, 2.24) is 20.8 Å². The van der Waals surface area contributed by atoms with Gasteiger partial charge < -0.3 is 14.6 Å². The molecular weight excluding hydrogens is 412 g/mol. The third-order valence-corrected chi connectivity index (χ3v) is 5.96. The molecule has 1 saturated heterocycles. The molecule has 2 N–H and O–H groups in total. The molecule has 4 rings (SSSR count). The van der Waals surface area contributed by atoms with Crippen molar-refractivity contribution in [2.24, 2.45) is 0 Å². The van der Waals surface area contributed by atoms with Crippen LogP contribution in [0.15, 0.2) is 59.1 Å². The van der Waals surface area contributed by atoms with E-state index in [4.69, 9.17) is 9.26 Å². The lowest BCUT2D eigenvalue weighted by Crippen LogP contribution is -2.54. The summed E-state index contributed by atoms with van der Waals surface area (Å²) < 4.78 is 11.5. The van der Waals surface area contributed by atoms with E-state index in [0.29, 0.717) is 36.2 Å². The van der Waals surface area contributed by atoms with E-state index in [1.807, 2.05) is 54.6 Å². The van der Waals surface area contributed by atoms with Gasteiger partial charge in [0.2, 0.25) is 17.6 Å². The van der Waals surface area contributed by atoms with E-state index in [1.54, 1.807) is 0 Å². The molecule has 2 atom stereocenters. The molecule has 1 aliphatic rings. The summed E-state index contributed by atoms with van der Waals surface area (Å²) in [6, 6.07) is 17.9. The summed E-state index contributed by atoms with van der Waals surface area (Å²) in [5.74, 6) is 2.27. The van der Waals surface area contributed by atoms with Crippen LogP contribution in [0.2, 0.25) is 0 Å². The normalized spacial score (nSPS) is 18.5. The minimum atomic E-state index is -0.158. The molecule has 1 aliphatic heterocycles. The first-order valence-electron chi connectivity index (χ1n) is 10.5. The van der Waals surface area contributed by atoms with Crippen LogP contribution in [0.4, 0.5) is 0 Å². The highest BCUT2D eigenvalue weighted by atomic mass is 32.2. The predicted molar refractivity (Wildman–Crippen MR) is 120 cm³/mol. The zero-order valence-corrected chi connectivity index (χ0v) is 18.2. The maximum absolute atomic E-state index is 11.9. The molecule has 8 heteroatoms. The van der Waals surface area contributed by atoms with Gasteiger partial charge >= 0.3 is 0 Å².